The standard InChI is InChI=1S/C13H20N2O2/c1-15(2)8-11(7-14)5-10-3-4-12-13(6-10)17-9-16-12/h3-4,6,11H,5,7-9,14H2,1-2H3. The second-order valence-corrected chi connectivity index (χ2v) is 4.76. The number of benzene rings is 1. The number of fused-ring (bicyclic) bond motifs is 1. The first kappa shape index (κ1) is 12.2. The van der Waals surface area contributed by atoms with E-state index in [4.69, 9.17) is 15.2 Å². The molecule has 1 aromatic rings. The average Bonchev–Trinajstić information content (AvgIpc) is 2.74. The molecule has 0 saturated carbocycles. The van der Waals surface area contributed by atoms with E-state index in [9.17, 15) is 0 Å². The first-order valence-electron chi connectivity index (χ1n) is 5.92. The molecule has 1 aliphatic heterocycles. The summed E-state index contributed by atoms with van der Waals surface area (Å²) in [6.45, 7) is 2.04. The van der Waals surface area contributed by atoms with E-state index in [1.165, 1.54) is 5.56 Å². The maximum Gasteiger partial charge on any atom is 0.231 e. The molecular weight excluding hydrogens is 216 g/mol. The van der Waals surface area contributed by atoms with Gasteiger partial charge in [-0.25, -0.2) is 0 Å². The first-order valence-corrected chi connectivity index (χ1v) is 5.92. The predicted octanol–water partition coefficient (Wildman–Crippen LogP) is 1.09. The molecule has 1 aromatic carbocycles. The summed E-state index contributed by atoms with van der Waals surface area (Å²) < 4.78 is 10.7. The highest BCUT2D eigenvalue weighted by atomic mass is 16.7. The number of nitrogens with zero attached hydrogens (tertiary/aromatic N) is 1. The van der Waals surface area contributed by atoms with Crippen LogP contribution >= 0.6 is 0 Å². The molecule has 2 N–H and O–H groups in total. The van der Waals surface area contributed by atoms with Gasteiger partial charge in [-0.05, 0) is 50.7 Å². The number of ether oxygens (including phenoxy) is 2. The van der Waals surface area contributed by atoms with Crippen LogP contribution in [0.5, 0.6) is 11.5 Å². The van der Waals surface area contributed by atoms with Crippen LogP contribution in [0, 0.1) is 5.92 Å². The Bertz CT molecular complexity index is 380. The third-order valence-corrected chi connectivity index (χ3v) is 2.92. The van der Waals surface area contributed by atoms with Gasteiger partial charge in [-0.2, -0.15) is 0 Å². The van der Waals surface area contributed by atoms with Gasteiger partial charge in [0.2, 0.25) is 6.79 Å². The van der Waals surface area contributed by atoms with Gasteiger partial charge < -0.3 is 20.1 Å². The Balaban J connectivity index is 2.02. The molecule has 2 rings (SSSR count). The van der Waals surface area contributed by atoms with Gasteiger partial charge >= 0.3 is 0 Å². The Hall–Kier alpha value is -1.26. The molecule has 17 heavy (non-hydrogen) atoms. The summed E-state index contributed by atoms with van der Waals surface area (Å²) in [7, 11) is 4.14. The zero-order valence-corrected chi connectivity index (χ0v) is 10.5. The van der Waals surface area contributed by atoms with E-state index in [-0.39, 0.29) is 0 Å². The van der Waals surface area contributed by atoms with E-state index >= 15 is 0 Å². The minimum Gasteiger partial charge on any atom is -0.454 e. The second kappa shape index (κ2) is 5.38. The Labute approximate surface area is 102 Å². The van der Waals surface area contributed by atoms with Crippen molar-refractivity contribution >= 4 is 0 Å². The number of hydrogen-bond donors (Lipinski definition) is 1. The fourth-order valence-electron chi connectivity index (χ4n) is 2.14. The van der Waals surface area contributed by atoms with Crippen LogP contribution in [0.1, 0.15) is 5.56 Å². The van der Waals surface area contributed by atoms with Crippen molar-refractivity contribution in [3.8, 4) is 11.5 Å². The molecule has 0 saturated heterocycles. The summed E-state index contributed by atoms with van der Waals surface area (Å²) in [5.41, 5.74) is 7.06. The van der Waals surface area contributed by atoms with E-state index in [1.54, 1.807) is 0 Å². The van der Waals surface area contributed by atoms with Gasteiger partial charge in [-0.15, -0.1) is 0 Å². The summed E-state index contributed by atoms with van der Waals surface area (Å²) in [4.78, 5) is 2.17. The van der Waals surface area contributed by atoms with Crippen LogP contribution in [0.25, 0.3) is 0 Å². The zero-order chi connectivity index (χ0) is 12.3. The van der Waals surface area contributed by atoms with E-state index < -0.39 is 0 Å². The van der Waals surface area contributed by atoms with E-state index in [0.29, 0.717) is 19.3 Å². The number of nitrogens with two attached hydrogens (primary N) is 1. The van der Waals surface area contributed by atoms with Crippen LogP contribution in [0.4, 0.5) is 0 Å². The lowest BCUT2D eigenvalue weighted by atomic mass is 9.98. The van der Waals surface area contributed by atoms with Crippen molar-refractivity contribution in [1.82, 2.24) is 4.90 Å². The maximum atomic E-state index is 5.80. The van der Waals surface area contributed by atoms with Crippen molar-refractivity contribution in [3.63, 3.8) is 0 Å². The van der Waals surface area contributed by atoms with Gasteiger partial charge in [0.1, 0.15) is 0 Å². The van der Waals surface area contributed by atoms with E-state index in [1.807, 2.05) is 6.07 Å². The first-order chi connectivity index (χ1) is 8.19. The number of rotatable bonds is 5. The molecule has 1 aliphatic rings. The molecule has 0 spiro atoms. The quantitative estimate of drug-likeness (QED) is 0.831. The third-order valence-electron chi connectivity index (χ3n) is 2.92. The Morgan fingerprint density at radius 3 is 2.76 bits per heavy atom. The monoisotopic (exact) mass is 236 g/mol. The highest BCUT2D eigenvalue weighted by Gasteiger charge is 2.15. The van der Waals surface area contributed by atoms with Crippen LogP contribution in [0.2, 0.25) is 0 Å². The Morgan fingerprint density at radius 2 is 2.06 bits per heavy atom. The lowest BCUT2D eigenvalue weighted by Crippen LogP contribution is -2.29. The van der Waals surface area contributed by atoms with Crippen LogP contribution < -0.4 is 15.2 Å². The molecular formula is C13H20N2O2. The van der Waals surface area contributed by atoms with Gasteiger partial charge in [0.25, 0.3) is 0 Å². The minimum atomic E-state index is 0.330. The predicted molar refractivity (Wildman–Crippen MR) is 67.4 cm³/mol. The number of hydrogen-bond acceptors (Lipinski definition) is 4. The maximum absolute atomic E-state index is 5.80. The average molecular weight is 236 g/mol. The SMILES string of the molecule is CN(C)CC(CN)Cc1ccc2c(c1)OCO2. The lowest BCUT2D eigenvalue weighted by Gasteiger charge is -2.19. The molecule has 94 valence electrons. The fraction of sp³-hybridized carbons (Fsp3) is 0.538. The molecule has 1 atom stereocenters. The topological polar surface area (TPSA) is 47.7 Å². The molecule has 1 heterocycles. The summed E-state index contributed by atoms with van der Waals surface area (Å²) in [5.74, 6) is 2.17. The molecule has 4 heteroatoms. The van der Waals surface area contributed by atoms with Gasteiger partial charge in [0.15, 0.2) is 11.5 Å². The fourth-order valence-corrected chi connectivity index (χ4v) is 2.14. The van der Waals surface area contributed by atoms with Crippen molar-refractivity contribution in [3.05, 3.63) is 23.8 Å². The van der Waals surface area contributed by atoms with Crippen LogP contribution in [0.15, 0.2) is 18.2 Å². The zero-order valence-electron chi connectivity index (χ0n) is 10.5. The van der Waals surface area contributed by atoms with Crippen molar-refractivity contribution in [2.24, 2.45) is 11.7 Å². The Morgan fingerprint density at radius 1 is 1.29 bits per heavy atom. The summed E-state index contributed by atoms with van der Waals surface area (Å²) in [6, 6.07) is 6.12. The van der Waals surface area contributed by atoms with Crippen molar-refractivity contribution in [1.29, 1.82) is 0 Å². The summed E-state index contributed by atoms with van der Waals surface area (Å²) in [6.07, 6.45) is 0.978. The second-order valence-electron chi connectivity index (χ2n) is 4.76. The largest absolute Gasteiger partial charge is 0.454 e. The van der Waals surface area contributed by atoms with Crippen LogP contribution in [-0.2, 0) is 6.42 Å². The van der Waals surface area contributed by atoms with Crippen LogP contribution in [0.3, 0.4) is 0 Å². The Kier molecular flexibility index (Phi) is 3.86. The van der Waals surface area contributed by atoms with Gasteiger partial charge in [-0.1, -0.05) is 6.07 Å². The summed E-state index contributed by atoms with van der Waals surface area (Å²) in [5, 5.41) is 0. The molecule has 0 amide bonds. The molecule has 0 aliphatic carbocycles. The molecule has 0 radical (unpaired) electrons. The molecule has 0 fully saturated rings. The summed E-state index contributed by atoms with van der Waals surface area (Å²) >= 11 is 0. The smallest absolute Gasteiger partial charge is 0.231 e. The minimum absolute atomic E-state index is 0.330. The van der Waals surface area contributed by atoms with Crippen LogP contribution in [-0.4, -0.2) is 38.9 Å². The lowest BCUT2D eigenvalue weighted by molar-refractivity contribution is 0.174. The molecule has 0 aromatic heterocycles. The van der Waals surface area contributed by atoms with Gasteiger partial charge in [0.05, 0.1) is 0 Å². The third kappa shape index (κ3) is 3.11. The van der Waals surface area contributed by atoms with E-state index in [0.717, 1.165) is 24.5 Å². The van der Waals surface area contributed by atoms with Crippen molar-refractivity contribution in [2.45, 2.75) is 6.42 Å². The van der Waals surface area contributed by atoms with Gasteiger partial charge in [-0.3, -0.25) is 0 Å². The normalized spacial score (nSPS) is 15.3. The highest BCUT2D eigenvalue weighted by molar-refractivity contribution is 5.44. The molecule has 0 bridgehead atoms. The van der Waals surface area contributed by atoms with Gasteiger partial charge in [0, 0.05) is 6.54 Å². The molecule has 1 unspecified atom stereocenters. The molecule has 4 nitrogen and oxygen atoms in total. The highest BCUT2D eigenvalue weighted by Crippen LogP contribution is 2.33. The van der Waals surface area contributed by atoms with E-state index in [2.05, 4.69) is 31.1 Å². The van der Waals surface area contributed by atoms with Crippen molar-refractivity contribution < 1.29 is 9.47 Å². The van der Waals surface area contributed by atoms with Crippen molar-refractivity contribution in [2.75, 3.05) is 34.0 Å².